The molecule has 4 heteroatoms. The van der Waals surface area contributed by atoms with E-state index in [0.717, 1.165) is 22.5 Å². The molecular weight excluding hydrogens is 231 g/mol. The second kappa shape index (κ2) is 10.0. The number of hydrogen-bond donors (Lipinski definition) is 1. The highest BCUT2D eigenvalue weighted by molar-refractivity contribution is 5.99. The highest BCUT2D eigenvalue weighted by atomic mass is 19.1. The lowest BCUT2D eigenvalue weighted by atomic mass is 10.1. The molecule has 0 aliphatic rings. The van der Waals surface area contributed by atoms with Gasteiger partial charge in [-0.05, 0) is 38.5 Å². The normalized spacial score (nSPS) is 9.39. The zero-order valence-electron chi connectivity index (χ0n) is 11.2. The maximum Gasteiger partial charge on any atom is 0.0855 e. The van der Waals surface area contributed by atoms with Crippen molar-refractivity contribution in [2.75, 3.05) is 7.18 Å². The minimum Gasteiger partial charge on any atom is -0.411 e. The first-order chi connectivity index (χ1) is 8.60. The topological polar surface area (TPSA) is 45.5 Å². The Bertz CT molecular complexity index is 437. The summed E-state index contributed by atoms with van der Waals surface area (Å²) in [6.45, 7) is 9.27. The molecule has 0 aromatic carbocycles. The van der Waals surface area contributed by atoms with Crippen LogP contribution in [0.25, 0.3) is 6.08 Å². The molecule has 0 unspecified atom stereocenters. The van der Waals surface area contributed by atoms with E-state index in [1.54, 1.807) is 13.0 Å². The van der Waals surface area contributed by atoms with Crippen molar-refractivity contribution in [2.24, 2.45) is 5.16 Å². The van der Waals surface area contributed by atoms with Gasteiger partial charge in [-0.1, -0.05) is 11.7 Å². The standard InChI is InChI=1S/C11H14N2O.C2H2.CH3F/c1-5-11-7(2)6-10(8(3)12-11)9(4)13-14;2*1-2/h5-6,14H,1H2,2-4H3;1-2H;1H3/b13-9+;;. The van der Waals surface area contributed by atoms with Crippen LogP contribution in [0.4, 0.5) is 4.39 Å². The SMILES string of the molecule is C#C.C=Cc1nc(C)c(/C(C)=N/O)cc1C.CF. The van der Waals surface area contributed by atoms with Crippen LogP contribution in [0.15, 0.2) is 17.8 Å². The van der Waals surface area contributed by atoms with Crippen LogP contribution in [0.5, 0.6) is 0 Å². The summed E-state index contributed by atoms with van der Waals surface area (Å²) in [6, 6.07) is 1.95. The minimum absolute atomic E-state index is 0.500. The molecule has 0 atom stereocenters. The van der Waals surface area contributed by atoms with Crippen molar-refractivity contribution >= 4 is 11.8 Å². The third-order valence-electron chi connectivity index (χ3n) is 2.18. The van der Waals surface area contributed by atoms with Gasteiger partial charge in [-0.15, -0.1) is 12.8 Å². The molecule has 0 aliphatic carbocycles. The van der Waals surface area contributed by atoms with Gasteiger partial charge in [0, 0.05) is 11.3 Å². The van der Waals surface area contributed by atoms with Crippen molar-refractivity contribution in [1.29, 1.82) is 0 Å². The molecule has 0 saturated carbocycles. The number of aromatic nitrogens is 1. The Morgan fingerprint density at radius 1 is 1.44 bits per heavy atom. The number of oxime groups is 1. The lowest BCUT2D eigenvalue weighted by molar-refractivity contribution is 0.319. The summed E-state index contributed by atoms with van der Waals surface area (Å²) in [6.07, 6.45) is 9.72. The summed E-state index contributed by atoms with van der Waals surface area (Å²) >= 11 is 0. The third kappa shape index (κ3) is 4.79. The van der Waals surface area contributed by atoms with Crippen LogP contribution in [-0.2, 0) is 0 Å². The van der Waals surface area contributed by atoms with Gasteiger partial charge in [0.1, 0.15) is 0 Å². The van der Waals surface area contributed by atoms with Gasteiger partial charge in [0.05, 0.1) is 18.6 Å². The van der Waals surface area contributed by atoms with Gasteiger partial charge in [0.15, 0.2) is 0 Å². The van der Waals surface area contributed by atoms with E-state index in [1.807, 2.05) is 19.9 Å². The summed E-state index contributed by atoms with van der Waals surface area (Å²) in [7, 11) is 0.500. The van der Waals surface area contributed by atoms with Gasteiger partial charge in [-0.3, -0.25) is 9.37 Å². The lowest BCUT2D eigenvalue weighted by Gasteiger charge is -2.07. The van der Waals surface area contributed by atoms with Crippen LogP contribution >= 0.6 is 0 Å². The minimum atomic E-state index is 0.500. The Balaban J connectivity index is 0. The molecule has 1 aromatic rings. The maximum atomic E-state index is 9.50. The molecule has 0 amide bonds. The number of aryl methyl sites for hydroxylation is 2. The fourth-order valence-corrected chi connectivity index (χ4v) is 1.35. The van der Waals surface area contributed by atoms with Crippen molar-refractivity contribution in [2.45, 2.75) is 20.8 Å². The number of halogens is 1. The van der Waals surface area contributed by atoms with Crippen LogP contribution in [-0.4, -0.2) is 23.1 Å². The number of hydrogen-bond acceptors (Lipinski definition) is 3. The number of terminal acetylenes is 1. The molecule has 1 heterocycles. The molecule has 0 radical (unpaired) electrons. The quantitative estimate of drug-likeness (QED) is 0.378. The van der Waals surface area contributed by atoms with E-state index in [1.165, 1.54) is 0 Å². The van der Waals surface area contributed by atoms with Crippen LogP contribution in [0.1, 0.15) is 29.4 Å². The van der Waals surface area contributed by atoms with E-state index in [-0.39, 0.29) is 0 Å². The van der Waals surface area contributed by atoms with Crippen molar-refractivity contribution in [1.82, 2.24) is 4.98 Å². The first-order valence-corrected chi connectivity index (χ1v) is 5.11. The molecule has 0 aliphatic heterocycles. The van der Waals surface area contributed by atoms with Crippen LogP contribution in [0, 0.1) is 26.7 Å². The molecule has 0 bridgehead atoms. The third-order valence-corrected chi connectivity index (χ3v) is 2.18. The van der Waals surface area contributed by atoms with Gasteiger partial charge in [0.2, 0.25) is 0 Å². The van der Waals surface area contributed by atoms with E-state index >= 15 is 0 Å². The molecule has 98 valence electrons. The summed E-state index contributed by atoms with van der Waals surface area (Å²) in [5.74, 6) is 0. The molecule has 3 nitrogen and oxygen atoms in total. The molecule has 0 saturated heterocycles. The smallest absolute Gasteiger partial charge is 0.0855 e. The zero-order chi connectivity index (χ0) is 14.7. The van der Waals surface area contributed by atoms with E-state index in [4.69, 9.17) is 5.21 Å². The van der Waals surface area contributed by atoms with E-state index in [0.29, 0.717) is 12.9 Å². The van der Waals surface area contributed by atoms with E-state index in [2.05, 4.69) is 29.6 Å². The van der Waals surface area contributed by atoms with Crippen molar-refractivity contribution in [3.05, 3.63) is 35.2 Å². The average molecular weight is 250 g/mol. The molecule has 1 rings (SSSR count). The largest absolute Gasteiger partial charge is 0.411 e. The highest BCUT2D eigenvalue weighted by Crippen LogP contribution is 2.14. The van der Waals surface area contributed by atoms with Gasteiger partial charge < -0.3 is 5.21 Å². The fourth-order valence-electron chi connectivity index (χ4n) is 1.35. The number of nitrogens with zero attached hydrogens (tertiary/aromatic N) is 2. The maximum absolute atomic E-state index is 9.50. The summed E-state index contributed by atoms with van der Waals surface area (Å²) in [5, 5.41) is 11.8. The predicted octanol–water partition coefficient (Wildman–Crippen LogP) is 3.37. The number of rotatable bonds is 2. The highest BCUT2D eigenvalue weighted by Gasteiger charge is 2.06. The van der Waals surface area contributed by atoms with Crippen molar-refractivity contribution < 1.29 is 9.60 Å². The second-order valence-corrected chi connectivity index (χ2v) is 3.21. The van der Waals surface area contributed by atoms with Crippen LogP contribution < -0.4 is 0 Å². The van der Waals surface area contributed by atoms with E-state index in [9.17, 15) is 4.39 Å². The van der Waals surface area contributed by atoms with Crippen LogP contribution in [0.3, 0.4) is 0 Å². The molecule has 0 fully saturated rings. The lowest BCUT2D eigenvalue weighted by Crippen LogP contribution is -2.03. The van der Waals surface area contributed by atoms with E-state index < -0.39 is 0 Å². The molecule has 18 heavy (non-hydrogen) atoms. The monoisotopic (exact) mass is 250 g/mol. The first-order valence-electron chi connectivity index (χ1n) is 5.11. The Hall–Kier alpha value is -2.15. The zero-order valence-corrected chi connectivity index (χ0v) is 11.2. The van der Waals surface area contributed by atoms with Gasteiger partial charge in [0.25, 0.3) is 0 Å². The molecule has 1 N–H and O–H groups in total. The van der Waals surface area contributed by atoms with Crippen molar-refractivity contribution in [3.63, 3.8) is 0 Å². The number of alkyl halides is 1. The second-order valence-electron chi connectivity index (χ2n) is 3.21. The van der Waals surface area contributed by atoms with Crippen LogP contribution in [0.2, 0.25) is 0 Å². The predicted molar refractivity (Wildman–Crippen MR) is 74.7 cm³/mol. The molecule has 0 spiro atoms. The Kier molecular flexibility index (Phi) is 10.2. The van der Waals surface area contributed by atoms with Gasteiger partial charge in [-0.2, -0.15) is 0 Å². The summed E-state index contributed by atoms with van der Waals surface area (Å²) in [5.41, 5.74) is 4.20. The summed E-state index contributed by atoms with van der Waals surface area (Å²) in [4.78, 5) is 4.35. The van der Waals surface area contributed by atoms with Gasteiger partial charge in [-0.25, -0.2) is 0 Å². The van der Waals surface area contributed by atoms with Gasteiger partial charge >= 0.3 is 0 Å². The first kappa shape index (κ1) is 18.2. The van der Waals surface area contributed by atoms with Crippen molar-refractivity contribution in [3.8, 4) is 12.8 Å². The molecule has 1 aromatic heterocycles. The Labute approximate surface area is 108 Å². The fraction of sp³-hybridized carbons (Fsp3) is 0.286. The molecular formula is C14H19FN2O. The Morgan fingerprint density at radius 3 is 2.33 bits per heavy atom. The number of pyridine rings is 1. The Morgan fingerprint density at radius 2 is 1.94 bits per heavy atom. The summed E-state index contributed by atoms with van der Waals surface area (Å²) < 4.78 is 9.50. The average Bonchev–Trinajstić information content (AvgIpc) is 2.44.